The van der Waals surface area contributed by atoms with Gasteiger partial charge in [0.2, 0.25) is 0 Å². The molecule has 6 heteroatoms. The second-order valence-electron chi connectivity index (χ2n) is 7.13. The van der Waals surface area contributed by atoms with Crippen LogP contribution >= 0.6 is 11.6 Å². The molecule has 1 aromatic carbocycles. The first-order valence-electron chi connectivity index (χ1n) is 8.45. The second-order valence-corrected chi connectivity index (χ2v) is 7.54. The average Bonchev–Trinajstić information content (AvgIpc) is 2.55. The van der Waals surface area contributed by atoms with Gasteiger partial charge in [-0.25, -0.2) is 4.39 Å². The molecule has 1 aliphatic rings. The predicted octanol–water partition coefficient (Wildman–Crippen LogP) is 2.78. The zero-order valence-electron chi connectivity index (χ0n) is 15.1. The minimum absolute atomic E-state index is 0.0116. The summed E-state index contributed by atoms with van der Waals surface area (Å²) in [7, 11) is 3.78. The molecule has 4 nitrogen and oxygen atoms in total. The summed E-state index contributed by atoms with van der Waals surface area (Å²) in [6.45, 7) is 9.85. The van der Waals surface area contributed by atoms with Crippen molar-refractivity contribution in [1.82, 2.24) is 15.1 Å². The van der Waals surface area contributed by atoms with Gasteiger partial charge < -0.3 is 15.0 Å². The van der Waals surface area contributed by atoms with E-state index in [4.69, 9.17) is 16.3 Å². The minimum Gasteiger partial charge on any atom is -0.383 e. The molecule has 24 heavy (non-hydrogen) atoms. The van der Waals surface area contributed by atoms with Gasteiger partial charge in [0, 0.05) is 50.9 Å². The number of piperazine rings is 1. The number of ether oxygens (including phenoxy) is 1. The van der Waals surface area contributed by atoms with E-state index in [2.05, 4.69) is 36.0 Å². The van der Waals surface area contributed by atoms with Gasteiger partial charge in [-0.2, -0.15) is 0 Å². The van der Waals surface area contributed by atoms with Crippen LogP contribution in [0, 0.1) is 5.82 Å². The highest BCUT2D eigenvalue weighted by atomic mass is 35.5. The number of rotatable bonds is 7. The maximum absolute atomic E-state index is 14.3. The van der Waals surface area contributed by atoms with Crippen LogP contribution in [0.1, 0.15) is 25.5 Å². The van der Waals surface area contributed by atoms with E-state index in [1.54, 1.807) is 25.3 Å². The summed E-state index contributed by atoms with van der Waals surface area (Å²) in [4.78, 5) is 4.83. The van der Waals surface area contributed by atoms with Gasteiger partial charge in [-0.05, 0) is 27.0 Å². The van der Waals surface area contributed by atoms with Crippen molar-refractivity contribution < 1.29 is 9.13 Å². The highest BCUT2D eigenvalue weighted by Gasteiger charge is 2.30. The van der Waals surface area contributed by atoms with Crippen LogP contribution < -0.4 is 5.32 Å². The second kappa shape index (κ2) is 8.59. The molecule has 0 amide bonds. The monoisotopic (exact) mass is 357 g/mol. The van der Waals surface area contributed by atoms with Gasteiger partial charge in [0.15, 0.2) is 0 Å². The fourth-order valence-electron chi connectivity index (χ4n) is 3.11. The first kappa shape index (κ1) is 19.6. The Balaban J connectivity index is 2.04. The molecule has 0 bridgehead atoms. The number of nitrogens with one attached hydrogen (secondary N) is 1. The smallest absolute Gasteiger partial charge is 0.146 e. The molecule has 0 saturated carbocycles. The third-order valence-corrected chi connectivity index (χ3v) is 5.12. The summed E-state index contributed by atoms with van der Waals surface area (Å²) >= 11 is 5.93. The van der Waals surface area contributed by atoms with Crippen molar-refractivity contribution in [3.8, 4) is 0 Å². The Bertz CT molecular complexity index is 533. The van der Waals surface area contributed by atoms with E-state index >= 15 is 0 Å². The lowest BCUT2D eigenvalue weighted by Gasteiger charge is -2.44. The number of methoxy groups -OCH3 is 1. The van der Waals surface area contributed by atoms with Crippen LogP contribution in [0.25, 0.3) is 0 Å². The molecule has 1 heterocycles. The van der Waals surface area contributed by atoms with Gasteiger partial charge in [-0.3, -0.25) is 4.90 Å². The van der Waals surface area contributed by atoms with Crippen LogP contribution in [0.3, 0.4) is 0 Å². The molecule has 1 saturated heterocycles. The van der Waals surface area contributed by atoms with Crippen LogP contribution in [0.2, 0.25) is 5.02 Å². The molecule has 1 aliphatic heterocycles. The molecule has 2 rings (SSSR count). The van der Waals surface area contributed by atoms with Crippen molar-refractivity contribution in [2.75, 3.05) is 53.5 Å². The quantitative estimate of drug-likeness (QED) is 0.812. The molecule has 1 unspecified atom stereocenters. The van der Waals surface area contributed by atoms with Crippen molar-refractivity contribution >= 4 is 11.6 Å². The SMILES string of the molecule is COCC(NCC(C)(C)N1CCN(C)CC1)c1cccc(Cl)c1F. The Morgan fingerprint density at radius 2 is 1.96 bits per heavy atom. The number of hydrogen-bond acceptors (Lipinski definition) is 4. The minimum atomic E-state index is -0.369. The maximum Gasteiger partial charge on any atom is 0.146 e. The molecule has 1 fully saturated rings. The van der Waals surface area contributed by atoms with Gasteiger partial charge >= 0.3 is 0 Å². The molecular weight excluding hydrogens is 329 g/mol. The number of halogens is 2. The van der Waals surface area contributed by atoms with Crippen molar-refractivity contribution in [1.29, 1.82) is 0 Å². The van der Waals surface area contributed by atoms with E-state index in [1.807, 2.05) is 0 Å². The Hall–Kier alpha value is -0.720. The molecule has 0 aliphatic carbocycles. The highest BCUT2D eigenvalue weighted by molar-refractivity contribution is 6.30. The van der Waals surface area contributed by atoms with E-state index in [0.717, 1.165) is 32.7 Å². The fraction of sp³-hybridized carbons (Fsp3) is 0.667. The lowest BCUT2D eigenvalue weighted by atomic mass is 9.99. The fourth-order valence-corrected chi connectivity index (χ4v) is 3.29. The normalized spacial score (nSPS) is 18.8. The summed E-state index contributed by atoms with van der Waals surface area (Å²) in [6.07, 6.45) is 0. The van der Waals surface area contributed by atoms with Crippen LogP contribution in [-0.4, -0.2) is 68.8 Å². The maximum atomic E-state index is 14.3. The standard InChI is InChI=1S/C18H29ClFN3O/c1-18(2,23-10-8-22(3)9-11-23)13-21-16(12-24-4)14-6-5-7-15(19)17(14)20/h5-7,16,21H,8-13H2,1-4H3. The van der Waals surface area contributed by atoms with Crippen molar-refractivity contribution in [3.63, 3.8) is 0 Å². The molecular formula is C18H29ClFN3O. The third kappa shape index (κ3) is 4.90. The van der Waals surface area contributed by atoms with E-state index in [0.29, 0.717) is 12.2 Å². The van der Waals surface area contributed by atoms with Crippen LogP contribution in [0.4, 0.5) is 4.39 Å². The number of likely N-dealkylation sites (N-methyl/N-ethyl adjacent to an activating group) is 1. The molecule has 1 N–H and O–H groups in total. The molecule has 0 radical (unpaired) electrons. The predicted molar refractivity (Wildman–Crippen MR) is 97.2 cm³/mol. The largest absolute Gasteiger partial charge is 0.383 e. The highest BCUT2D eigenvalue weighted by Crippen LogP contribution is 2.25. The average molecular weight is 358 g/mol. The van der Waals surface area contributed by atoms with Crippen molar-refractivity contribution in [2.45, 2.75) is 25.4 Å². The van der Waals surface area contributed by atoms with Crippen LogP contribution in [0.15, 0.2) is 18.2 Å². The van der Waals surface area contributed by atoms with Crippen LogP contribution in [0.5, 0.6) is 0 Å². The number of nitrogens with zero attached hydrogens (tertiary/aromatic N) is 2. The van der Waals surface area contributed by atoms with Gasteiger partial charge in [0.05, 0.1) is 17.7 Å². The van der Waals surface area contributed by atoms with Gasteiger partial charge in [-0.1, -0.05) is 23.7 Å². The van der Waals surface area contributed by atoms with E-state index in [9.17, 15) is 4.39 Å². The van der Waals surface area contributed by atoms with E-state index in [1.165, 1.54) is 0 Å². The Kier molecular flexibility index (Phi) is 7.01. The topological polar surface area (TPSA) is 27.7 Å². The molecule has 136 valence electrons. The molecule has 0 spiro atoms. The van der Waals surface area contributed by atoms with E-state index < -0.39 is 0 Å². The summed E-state index contributed by atoms with van der Waals surface area (Å²) < 4.78 is 19.6. The first-order valence-corrected chi connectivity index (χ1v) is 8.83. The number of hydrogen-bond donors (Lipinski definition) is 1. The number of benzene rings is 1. The summed E-state index contributed by atoms with van der Waals surface area (Å²) in [6, 6.07) is 4.89. The molecule has 1 atom stereocenters. The van der Waals surface area contributed by atoms with Crippen molar-refractivity contribution in [3.05, 3.63) is 34.6 Å². The first-order chi connectivity index (χ1) is 11.3. The Morgan fingerprint density at radius 1 is 1.29 bits per heavy atom. The Labute approximate surface area is 149 Å². The molecule has 1 aromatic rings. The Morgan fingerprint density at radius 3 is 2.58 bits per heavy atom. The molecule has 0 aromatic heterocycles. The summed E-state index contributed by atoms with van der Waals surface area (Å²) in [5.74, 6) is -0.369. The summed E-state index contributed by atoms with van der Waals surface area (Å²) in [5, 5.41) is 3.62. The summed E-state index contributed by atoms with van der Waals surface area (Å²) in [5.41, 5.74) is 0.543. The van der Waals surface area contributed by atoms with E-state index in [-0.39, 0.29) is 22.4 Å². The van der Waals surface area contributed by atoms with Crippen molar-refractivity contribution in [2.24, 2.45) is 0 Å². The van der Waals surface area contributed by atoms with Gasteiger partial charge in [-0.15, -0.1) is 0 Å². The zero-order chi connectivity index (χ0) is 17.7. The lowest BCUT2D eigenvalue weighted by Crippen LogP contribution is -2.57. The van der Waals surface area contributed by atoms with Gasteiger partial charge in [0.1, 0.15) is 5.82 Å². The lowest BCUT2D eigenvalue weighted by molar-refractivity contribution is 0.0567. The third-order valence-electron chi connectivity index (χ3n) is 4.83. The zero-order valence-corrected chi connectivity index (χ0v) is 15.9. The van der Waals surface area contributed by atoms with Crippen LogP contribution in [-0.2, 0) is 4.74 Å². The van der Waals surface area contributed by atoms with Gasteiger partial charge in [0.25, 0.3) is 0 Å².